The number of amides is 1. The maximum absolute atomic E-state index is 13.1. The number of benzene rings is 2. The molecule has 1 aliphatic rings. The summed E-state index contributed by atoms with van der Waals surface area (Å²) in [7, 11) is 4.95. The van der Waals surface area contributed by atoms with E-state index < -0.39 is 0 Å². The third-order valence-corrected chi connectivity index (χ3v) is 5.95. The number of carbonyl (C=O) groups excluding carboxylic acids is 1. The predicted molar refractivity (Wildman–Crippen MR) is 123 cm³/mol. The molecule has 168 valence electrons. The van der Waals surface area contributed by atoms with Gasteiger partial charge in [0, 0.05) is 36.6 Å². The van der Waals surface area contributed by atoms with Crippen LogP contribution in [0.1, 0.15) is 12.8 Å². The van der Waals surface area contributed by atoms with E-state index in [1.165, 1.54) is 0 Å². The second-order valence-corrected chi connectivity index (χ2v) is 8.04. The molecule has 0 spiro atoms. The van der Waals surface area contributed by atoms with Gasteiger partial charge in [-0.25, -0.2) is 0 Å². The minimum absolute atomic E-state index is 0.0367. The number of nitrogens with zero attached hydrogens (tertiary/aromatic N) is 4. The second kappa shape index (κ2) is 9.48. The molecule has 9 heteroatoms. The number of ether oxygens (including phenoxy) is 2. The SMILES string of the molecule is COc1ccc(-c2noc(N3CCC(C(=O)N(C)c4cc(Cl)ccc4OC)CC3)n2)cc1. The zero-order chi connectivity index (χ0) is 22.7. The summed E-state index contributed by atoms with van der Waals surface area (Å²) in [5, 5.41) is 4.65. The lowest BCUT2D eigenvalue weighted by molar-refractivity contribution is -0.122. The Bertz CT molecular complexity index is 1080. The van der Waals surface area contributed by atoms with Gasteiger partial charge in [0.15, 0.2) is 0 Å². The van der Waals surface area contributed by atoms with Crippen molar-refractivity contribution in [3.05, 3.63) is 47.5 Å². The highest BCUT2D eigenvalue weighted by atomic mass is 35.5. The summed E-state index contributed by atoms with van der Waals surface area (Å²) < 4.78 is 16.0. The highest BCUT2D eigenvalue weighted by Gasteiger charge is 2.30. The van der Waals surface area contributed by atoms with Crippen molar-refractivity contribution < 1.29 is 18.8 Å². The Labute approximate surface area is 191 Å². The molecule has 4 rings (SSSR count). The van der Waals surface area contributed by atoms with Gasteiger partial charge in [-0.1, -0.05) is 16.8 Å². The standard InChI is InChI=1S/C23H25ClN4O4/c1-27(19-14-17(24)6-9-20(19)31-3)22(29)16-10-12-28(13-11-16)23-25-21(26-32-23)15-4-7-18(30-2)8-5-15/h4-9,14,16H,10-13H2,1-3H3. The molecule has 3 aromatic rings. The number of halogens is 1. The van der Waals surface area contributed by atoms with Gasteiger partial charge >= 0.3 is 6.01 Å². The number of carbonyl (C=O) groups is 1. The van der Waals surface area contributed by atoms with Gasteiger partial charge in [0.25, 0.3) is 0 Å². The van der Waals surface area contributed by atoms with E-state index in [0.29, 0.717) is 54.2 Å². The summed E-state index contributed by atoms with van der Waals surface area (Å²) in [6.07, 6.45) is 1.37. The largest absolute Gasteiger partial charge is 0.497 e. The van der Waals surface area contributed by atoms with Crippen LogP contribution in [0, 0.1) is 5.92 Å². The van der Waals surface area contributed by atoms with E-state index in [-0.39, 0.29) is 11.8 Å². The van der Waals surface area contributed by atoms with Crippen molar-refractivity contribution in [2.24, 2.45) is 5.92 Å². The number of hydrogen-bond donors (Lipinski definition) is 0. The first-order chi connectivity index (χ1) is 15.5. The first-order valence-electron chi connectivity index (χ1n) is 10.3. The van der Waals surface area contributed by atoms with Gasteiger partial charge in [0.05, 0.1) is 19.9 Å². The zero-order valence-electron chi connectivity index (χ0n) is 18.2. The fraction of sp³-hybridized carbons (Fsp3) is 0.348. The number of rotatable bonds is 6. The van der Waals surface area contributed by atoms with E-state index in [2.05, 4.69) is 10.1 Å². The molecule has 0 N–H and O–H groups in total. The van der Waals surface area contributed by atoms with Crippen LogP contribution in [0.25, 0.3) is 11.4 Å². The summed E-state index contributed by atoms with van der Waals surface area (Å²) in [4.78, 5) is 21.3. The monoisotopic (exact) mass is 456 g/mol. The average Bonchev–Trinajstić information content (AvgIpc) is 3.33. The Balaban J connectivity index is 1.39. The van der Waals surface area contributed by atoms with Crippen molar-refractivity contribution in [1.82, 2.24) is 10.1 Å². The van der Waals surface area contributed by atoms with Crippen LogP contribution in [-0.4, -0.2) is 50.4 Å². The topological polar surface area (TPSA) is 80.9 Å². The van der Waals surface area contributed by atoms with Crippen molar-refractivity contribution in [2.45, 2.75) is 12.8 Å². The van der Waals surface area contributed by atoms with Crippen LogP contribution >= 0.6 is 11.6 Å². The van der Waals surface area contributed by atoms with Gasteiger partial charge < -0.3 is 23.8 Å². The molecule has 2 aromatic carbocycles. The van der Waals surface area contributed by atoms with E-state index in [1.54, 1.807) is 44.4 Å². The number of aromatic nitrogens is 2. The first kappa shape index (κ1) is 22.0. The minimum atomic E-state index is -0.107. The Hall–Kier alpha value is -3.26. The molecule has 0 saturated carbocycles. The summed E-state index contributed by atoms with van der Waals surface area (Å²) in [6, 6.07) is 13.2. The van der Waals surface area contributed by atoms with Crippen molar-refractivity contribution >= 4 is 29.2 Å². The molecule has 1 saturated heterocycles. The average molecular weight is 457 g/mol. The lowest BCUT2D eigenvalue weighted by Gasteiger charge is -2.32. The molecule has 0 unspecified atom stereocenters. The number of anilines is 2. The molecule has 0 radical (unpaired) electrons. The van der Waals surface area contributed by atoms with Gasteiger partial charge in [-0.3, -0.25) is 4.79 Å². The fourth-order valence-corrected chi connectivity index (χ4v) is 4.00. The first-order valence-corrected chi connectivity index (χ1v) is 10.7. The molecule has 1 fully saturated rings. The molecule has 8 nitrogen and oxygen atoms in total. The van der Waals surface area contributed by atoms with Crippen LogP contribution in [0.5, 0.6) is 11.5 Å². The van der Waals surface area contributed by atoms with Gasteiger partial charge in [-0.15, -0.1) is 0 Å². The molecular formula is C23H25ClN4O4. The van der Waals surface area contributed by atoms with E-state index in [9.17, 15) is 4.79 Å². The van der Waals surface area contributed by atoms with E-state index in [0.717, 1.165) is 11.3 Å². The minimum Gasteiger partial charge on any atom is -0.497 e. The van der Waals surface area contributed by atoms with E-state index in [1.807, 2.05) is 29.2 Å². The molecule has 0 bridgehead atoms. The van der Waals surface area contributed by atoms with Gasteiger partial charge in [0.1, 0.15) is 11.5 Å². The summed E-state index contributed by atoms with van der Waals surface area (Å²) in [6.45, 7) is 1.31. The second-order valence-electron chi connectivity index (χ2n) is 7.60. The van der Waals surface area contributed by atoms with Crippen molar-refractivity contribution in [2.75, 3.05) is 44.2 Å². The fourth-order valence-electron chi connectivity index (χ4n) is 3.84. The zero-order valence-corrected chi connectivity index (χ0v) is 19.0. The molecule has 1 amide bonds. The van der Waals surface area contributed by atoms with Crippen LogP contribution in [0.4, 0.5) is 11.7 Å². The van der Waals surface area contributed by atoms with Crippen molar-refractivity contribution in [3.8, 4) is 22.9 Å². The lowest BCUT2D eigenvalue weighted by atomic mass is 9.95. The summed E-state index contributed by atoms with van der Waals surface area (Å²) >= 11 is 6.13. The number of methoxy groups -OCH3 is 2. The molecule has 1 aliphatic heterocycles. The van der Waals surface area contributed by atoms with E-state index >= 15 is 0 Å². The third kappa shape index (κ3) is 4.50. The van der Waals surface area contributed by atoms with Gasteiger partial charge in [-0.05, 0) is 55.3 Å². The maximum atomic E-state index is 13.1. The van der Waals surface area contributed by atoms with Crippen molar-refractivity contribution in [1.29, 1.82) is 0 Å². The lowest BCUT2D eigenvalue weighted by Crippen LogP contribution is -2.41. The molecule has 0 atom stereocenters. The van der Waals surface area contributed by atoms with Crippen LogP contribution in [0.2, 0.25) is 5.02 Å². The van der Waals surface area contributed by atoms with Crippen LogP contribution < -0.4 is 19.3 Å². The summed E-state index contributed by atoms with van der Waals surface area (Å²) in [5.41, 5.74) is 1.51. The Kier molecular flexibility index (Phi) is 6.50. The number of piperidine rings is 1. The van der Waals surface area contributed by atoms with Gasteiger partial charge in [0.2, 0.25) is 11.7 Å². The van der Waals surface area contributed by atoms with Crippen LogP contribution in [0.3, 0.4) is 0 Å². The third-order valence-electron chi connectivity index (χ3n) is 5.71. The normalized spacial score (nSPS) is 14.3. The number of hydrogen-bond acceptors (Lipinski definition) is 7. The van der Waals surface area contributed by atoms with Crippen LogP contribution in [0.15, 0.2) is 47.0 Å². The predicted octanol–water partition coefficient (Wildman–Crippen LogP) is 4.29. The highest BCUT2D eigenvalue weighted by molar-refractivity contribution is 6.31. The Morgan fingerprint density at radius 3 is 2.50 bits per heavy atom. The smallest absolute Gasteiger partial charge is 0.324 e. The molecule has 1 aromatic heterocycles. The van der Waals surface area contributed by atoms with Crippen LogP contribution in [-0.2, 0) is 4.79 Å². The molecule has 32 heavy (non-hydrogen) atoms. The Morgan fingerprint density at radius 2 is 1.84 bits per heavy atom. The van der Waals surface area contributed by atoms with Crippen molar-refractivity contribution in [3.63, 3.8) is 0 Å². The highest BCUT2D eigenvalue weighted by Crippen LogP contribution is 2.33. The van der Waals surface area contributed by atoms with E-state index in [4.69, 9.17) is 25.6 Å². The summed E-state index contributed by atoms with van der Waals surface area (Å²) in [5.74, 6) is 1.83. The quantitative estimate of drug-likeness (QED) is 0.547. The maximum Gasteiger partial charge on any atom is 0.324 e. The molecule has 0 aliphatic carbocycles. The van der Waals surface area contributed by atoms with Gasteiger partial charge in [-0.2, -0.15) is 4.98 Å². The molecule has 2 heterocycles. The molecular weight excluding hydrogens is 432 g/mol. The Morgan fingerprint density at radius 1 is 1.12 bits per heavy atom.